The molecule has 0 aromatic heterocycles. The van der Waals surface area contributed by atoms with Crippen LogP contribution in [0.25, 0.3) is 0 Å². The molecule has 0 bridgehead atoms. The Labute approximate surface area is 96.7 Å². The lowest BCUT2D eigenvalue weighted by atomic mass is 10.0. The van der Waals surface area contributed by atoms with Crippen molar-refractivity contribution < 1.29 is 5.11 Å². The lowest BCUT2D eigenvalue weighted by molar-refractivity contribution is 0.285. The van der Waals surface area contributed by atoms with Crippen molar-refractivity contribution in [3.8, 4) is 6.07 Å². The molecule has 1 atom stereocenters. The second-order valence-electron chi connectivity index (χ2n) is 4.01. The molecule has 0 spiro atoms. The molecule has 1 aromatic carbocycles. The van der Waals surface area contributed by atoms with Gasteiger partial charge in [-0.2, -0.15) is 5.26 Å². The number of nitrogens with one attached hydrogen (secondary N) is 1. The van der Waals surface area contributed by atoms with Crippen LogP contribution in [-0.2, 0) is 0 Å². The molecule has 0 radical (unpaired) electrons. The Morgan fingerprint density at radius 1 is 1.31 bits per heavy atom. The van der Waals surface area contributed by atoms with E-state index in [1.54, 1.807) is 0 Å². The summed E-state index contributed by atoms with van der Waals surface area (Å²) in [5.74, 6) is 0. The molecular weight excluding hydrogens is 200 g/mol. The molecule has 16 heavy (non-hydrogen) atoms. The molecule has 0 amide bonds. The third kappa shape index (κ3) is 3.65. The van der Waals surface area contributed by atoms with Gasteiger partial charge in [0, 0.05) is 6.61 Å². The zero-order chi connectivity index (χ0) is 12.0. The highest BCUT2D eigenvalue weighted by Gasteiger charge is 2.09. The Kier molecular flexibility index (Phi) is 4.97. The van der Waals surface area contributed by atoms with E-state index < -0.39 is 0 Å². The number of benzene rings is 1. The van der Waals surface area contributed by atoms with Crippen molar-refractivity contribution in [2.45, 2.75) is 26.3 Å². The monoisotopic (exact) mass is 218 g/mol. The Morgan fingerprint density at radius 3 is 2.44 bits per heavy atom. The first kappa shape index (κ1) is 12.7. The normalized spacial score (nSPS) is 12.1. The highest BCUT2D eigenvalue weighted by molar-refractivity contribution is 5.33. The van der Waals surface area contributed by atoms with Crippen molar-refractivity contribution >= 4 is 0 Å². The molecule has 0 aliphatic rings. The summed E-state index contributed by atoms with van der Waals surface area (Å²) in [5.41, 5.74) is 3.33. The summed E-state index contributed by atoms with van der Waals surface area (Å²) in [4.78, 5) is 0. The van der Waals surface area contributed by atoms with E-state index in [2.05, 4.69) is 17.5 Å². The number of aryl methyl sites for hydroxylation is 2. The van der Waals surface area contributed by atoms with E-state index in [9.17, 15) is 0 Å². The third-order valence-electron chi connectivity index (χ3n) is 2.39. The van der Waals surface area contributed by atoms with Gasteiger partial charge in [0.1, 0.15) is 6.04 Å². The van der Waals surface area contributed by atoms with Crippen LogP contribution in [-0.4, -0.2) is 18.3 Å². The SMILES string of the molecule is Cc1cc(C)cc(C(C#N)NCCCO)c1. The van der Waals surface area contributed by atoms with Crippen LogP contribution in [0.15, 0.2) is 18.2 Å². The van der Waals surface area contributed by atoms with Crippen LogP contribution in [0, 0.1) is 25.2 Å². The molecule has 1 rings (SSSR count). The fraction of sp³-hybridized carbons (Fsp3) is 0.462. The number of hydrogen-bond acceptors (Lipinski definition) is 3. The van der Waals surface area contributed by atoms with Gasteiger partial charge in [-0.25, -0.2) is 0 Å². The molecular formula is C13H18N2O. The van der Waals surface area contributed by atoms with E-state index in [0.29, 0.717) is 13.0 Å². The van der Waals surface area contributed by atoms with E-state index in [-0.39, 0.29) is 12.6 Å². The number of nitriles is 1. The fourth-order valence-corrected chi connectivity index (χ4v) is 1.74. The topological polar surface area (TPSA) is 56.0 Å². The summed E-state index contributed by atoms with van der Waals surface area (Å²) in [6, 6.07) is 8.08. The molecule has 0 saturated heterocycles. The molecule has 1 unspecified atom stereocenters. The van der Waals surface area contributed by atoms with Gasteiger partial charge >= 0.3 is 0 Å². The van der Waals surface area contributed by atoms with Crippen LogP contribution in [0.4, 0.5) is 0 Å². The Morgan fingerprint density at radius 2 is 1.94 bits per heavy atom. The van der Waals surface area contributed by atoms with Crippen molar-refractivity contribution in [2.75, 3.05) is 13.2 Å². The maximum atomic E-state index is 9.09. The molecule has 0 heterocycles. The summed E-state index contributed by atoms with van der Waals surface area (Å²) in [7, 11) is 0. The van der Waals surface area contributed by atoms with Crippen LogP contribution in [0.3, 0.4) is 0 Å². The number of aliphatic hydroxyl groups excluding tert-OH is 1. The van der Waals surface area contributed by atoms with Crippen molar-refractivity contribution in [1.29, 1.82) is 5.26 Å². The molecule has 0 saturated carbocycles. The van der Waals surface area contributed by atoms with Crippen LogP contribution in [0.5, 0.6) is 0 Å². The van der Waals surface area contributed by atoms with Gasteiger partial charge in [0.15, 0.2) is 0 Å². The lowest BCUT2D eigenvalue weighted by Crippen LogP contribution is -2.22. The second kappa shape index (κ2) is 6.26. The van der Waals surface area contributed by atoms with Gasteiger partial charge in [-0.3, -0.25) is 5.32 Å². The molecule has 0 aliphatic heterocycles. The molecule has 2 N–H and O–H groups in total. The summed E-state index contributed by atoms with van der Waals surface area (Å²) in [5, 5.41) is 20.9. The highest BCUT2D eigenvalue weighted by Crippen LogP contribution is 2.16. The minimum Gasteiger partial charge on any atom is -0.396 e. The number of rotatable bonds is 5. The van der Waals surface area contributed by atoms with Gasteiger partial charge in [0.2, 0.25) is 0 Å². The van der Waals surface area contributed by atoms with Gasteiger partial charge in [-0.1, -0.05) is 29.3 Å². The minimum absolute atomic E-state index is 0.151. The van der Waals surface area contributed by atoms with Crippen molar-refractivity contribution in [3.05, 3.63) is 34.9 Å². The molecule has 3 heteroatoms. The second-order valence-corrected chi connectivity index (χ2v) is 4.01. The lowest BCUT2D eigenvalue weighted by Gasteiger charge is -2.12. The van der Waals surface area contributed by atoms with E-state index >= 15 is 0 Å². The minimum atomic E-state index is -0.287. The Hall–Kier alpha value is -1.37. The molecule has 0 fully saturated rings. The van der Waals surface area contributed by atoms with Crippen LogP contribution in [0.2, 0.25) is 0 Å². The smallest absolute Gasteiger partial charge is 0.121 e. The van der Waals surface area contributed by atoms with Crippen LogP contribution < -0.4 is 5.32 Å². The number of aliphatic hydroxyl groups is 1. The van der Waals surface area contributed by atoms with Gasteiger partial charge in [0.25, 0.3) is 0 Å². The largest absolute Gasteiger partial charge is 0.396 e. The molecule has 1 aromatic rings. The zero-order valence-corrected chi connectivity index (χ0v) is 9.83. The van der Waals surface area contributed by atoms with E-state index in [4.69, 9.17) is 10.4 Å². The van der Waals surface area contributed by atoms with Gasteiger partial charge < -0.3 is 5.11 Å². The third-order valence-corrected chi connectivity index (χ3v) is 2.39. The highest BCUT2D eigenvalue weighted by atomic mass is 16.3. The fourth-order valence-electron chi connectivity index (χ4n) is 1.74. The van der Waals surface area contributed by atoms with Gasteiger partial charge in [-0.05, 0) is 32.4 Å². The van der Waals surface area contributed by atoms with Gasteiger partial charge in [-0.15, -0.1) is 0 Å². The number of nitrogens with zero attached hydrogens (tertiary/aromatic N) is 1. The summed E-state index contributed by atoms with van der Waals surface area (Å²) >= 11 is 0. The predicted molar refractivity (Wildman–Crippen MR) is 64.0 cm³/mol. The Bertz CT molecular complexity index is 362. The summed E-state index contributed by atoms with van der Waals surface area (Å²) in [6.07, 6.45) is 0.670. The molecule has 86 valence electrons. The maximum Gasteiger partial charge on any atom is 0.121 e. The number of hydrogen-bond donors (Lipinski definition) is 2. The first-order valence-electron chi connectivity index (χ1n) is 5.49. The average molecular weight is 218 g/mol. The van der Waals surface area contributed by atoms with Crippen LogP contribution >= 0.6 is 0 Å². The first-order valence-corrected chi connectivity index (χ1v) is 5.49. The van der Waals surface area contributed by atoms with E-state index in [1.165, 1.54) is 11.1 Å². The van der Waals surface area contributed by atoms with E-state index in [0.717, 1.165) is 5.56 Å². The maximum absolute atomic E-state index is 9.09. The predicted octanol–water partition coefficient (Wildman–Crippen LogP) is 1.84. The van der Waals surface area contributed by atoms with Crippen LogP contribution in [0.1, 0.15) is 29.2 Å². The van der Waals surface area contributed by atoms with Crippen molar-refractivity contribution in [3.63, 3.8) is 0 Å². The van der Waals surface area contributed by atoms with E-state index in [1.807, 2.05) is 26.0 Å². The summed E-state index contributed by atoms with van der Waals surface area (Å²) in [6.45, 7) is 4.86. The zero-order valence-electron chi connectivity index (χ0n) is 9.83. The van der Waals surface area contributed by atoms with Gasteiger partial charge in [0.05, 0.1) is 6.07 Å². The Balaban J connectivity index is 2.75. The van der Waals surface area contributed by atoms with Crippen molar-refractivity contribution in [2.24, 2.45) is 0 Å². The summed E-state index contributed by atoms with van der Waals surface area (Å²) < 4.78 is 0. The standard InChI is InChI=1S/C13H18N2O/c1-10-6-11(2)8-12(7-10)13(9-14)15-4-3-5-16/h6-8,13,15-16H,3-5H2,1-2H3. The quantitative estimate of drug-likeness (QED) is 0.741. The average Bonchev–Trinajstić information content (AvgIpc) is 2.23. The van der Waals surface area contributed by atoms with Crippen molar-refractivity contribution in [1.82, 2.24) is 5.32 Å². The molecule has 0 aliphatic carbocycles. The molecule has 3 nitrogen and oxygen atoms in total. The first-order chi connectivity index (χ1) is 7.67.